The molecule has 6 rings (SSSR count). The number of halogens is 3. The van der Waals surface area contributed by atoms with Crippen LogP contribution in [0.5, 0.6) is 11.6 Å². The highest BCUT2D eigenvalue weighted by Crippen LogP contribution is 2.51. The first-order chi connectivity index (χ1) is 20.6. The van der Waals surface area contributed by atoms with Crippen LogP contribution in [0.4, 0.5) is 18.9 Å². The van der Waals surface area contributed by atoms with Gasteiger partial charge in [0, 0.05) is 37.5 Å². The van der Waals surface area contributed by atoms with Gasteiger partial charge in [-0.25, -0.2) is 23.1 Å². The second-order valence-corrected chi connectivity index (χ2v) is 11.5. The number of carbonyl (C=O) groups excluding carboxylic acids is 1. The Balaban J connectivity index is 1.19. The normalized spacial score (nSPS) is 21.9. The van der Waals surface area contributed by atoms with Gasteiger partial charge in [-0.05, 0) is 62.2 Å². The van der Waals surface area contributed by atoms with E-state index in [4.69, 9.17) is 9.47 Å². The van der Waals surface area contributed by atoms with E-state index in [1.165, 1.54) is 12.1 Å². The van der Waals surface area contributed by atoms with Crippen molar-refractivity contribution in [2.75, 3.05) is 24.6 Å². The first-order valence-corrected chi connectivity index (χ1v) is 14.2. The summed E-state index contributed by atoms with van der Waals surface area (Å²) in [5.41, 5.74) is 1.80. The van der Waals surface area contributed by atoms with E-state index in [1.54, 1.807) is 36.5 Å². The van der Waals surface area contributed by atoms with Crippen LogP contribution < -0.4 is 19.7 Å². The number of aliphatic hydroxyl groups is 1. The molecule has 224 valence electrons. The minimum absolute atomic E-state index is 0.0246. The average molecular weight is 594 g/mol. The third-order valence-electron chi connectivity index (χ3n) is 8.30. The molecule has 3 heterocycles. The predicted octanol–water partition coefficient (Wildman–Crippen LogP) is 4.49. The summed E-state index contributed by atoms with van der Waals surface area (Å²) < 4.78 is 53.2. The van der Waals surface area contributed by atoms with E-state index in [0.29, 0.717) is 55.4 Å². The fourth-order valence-corrected chi connectivity index (χ4v) is 6.30. The van der Waals surface area contributed by atoms with Crippen molar-refractivity contribution < 1.29 is 32.5 Å². The molecule has 2 aliphatic carbocycles. The Hall–Kier alpha value is -4.37. The highest BCUT2D eigenvalue weighted by molar-refractivity contribution is 5.96. The standard InChI is InChI=1S/C31H30F3N5O4/c1-2-42-29-21(4-3-9-36-29)22-6-8-26(27(37-22)28(41)38-23-13-31(33,34)14-25(23)40)43-20-11-30(12-20)16-39(17-30)24-7-5-19(32)10-18(24)15-35/h3-10,20,23,25,40H,2,11-14,16-17H2,1H3,(H,38,41)/t23-,25-/m1/s1. The van der Waals surface area contributed by atoms with Crippen molar-refractivity contribution in [2.45, 2.75) is 56.8 Å². The van der Waals surface area contributed by atoms with Crippen LogP contribution in [0.3, 0.4) is 0 Å². The van der Waals surface area contributed by atoms with Crippen LogP contribution >= 0.6 is 0 Å². The van der Waals surface area contributed by atoms with Crippen molar-refractivity contribution in [1.29, 1.82) is 5.26 Å². The molecule has 3 aliphatic rings. The number of aromatic nitrogens is 2. The van der Waals surface area contributed by atoms with Gasteiger partial charge in [-0.1, -0.05) is 0 Å². The number of aliphatic hydroxyl groups excluding tert-OH is 1. The lowest BCUT2D eigenvalue weighted by Gasteiger charge is -2.59. The van der Waals surface area contributed by atoms with Gasteiger partial charge >= 0.3 is 0 Å². The molecule has 2 saturated carbocycles. The number of nitriles is 1. The molecule has 3 fully saturated rings. The van der Waals surface area contributed by atoms with Crippen molar-refractivity contribution >= 4 is 11.6 Å². The number of hydrogen-bond acceptors (Lipinski definition) is 8. The molecule has 12 heteroatoms. The molecule has 1 saturated heterocycles. The van der Waals surface area contributed by atoms with Gasteiger partial charge in [0.15, 0.2) is 11.4 Å². The number of amides is 1. The van der Waals surface area contributed by atoms with Gasteiger partial charge in [0.2, 0.25) is 5.88 Å². The van der Waals surface area contributed by atoms with Gasteiger partial charge < -0.3 is 24.8 Å². The molecule has 1 amide bonds. The van der Waals surface area contributed by atoms with Crippen LogP contribution in [0.25, 0.3) is 11.3 Å². The maximum Gasteiger partial charge on any atom is 0.274 e. The predicted molar refractivity (Wildman–Crippen MR) is 149 cm³/mol. The quantitative estimate of drug-likeness (QED) is 0.392. The molecular weight excluding hydrogens is 563 g/mol. The summed E-state index contributed by atoms with van der Waals surface area (Å²) in [7, 11) is 0. The fraction of sp³-hybridized carbons (Fsp3) is 0.419. The van der Waals surface area contributed by atoms with E-state index in [-0.39, 0.29) is 28.5 Å². The summed E-state index contributed by atoms with van der Waals surface area (Å²) in [5.74, 6) is -3.74. The largest absolute Gasteiger partial charge is 0.488 e. The van der Waals surface area contributed by atoms with Crippen LogP contribution in [-0.4, -0.2) is 64.9 Å². The summed E-state index contributed by atoms with van der Waals surface area (Å²) in [6.07, 6.45) is -0.0337. The van der Waals surface area contributed by atoms with Crippen LogP contribution in [-0.2, 0) is 0 Å². The van der Waals surface area contributed by atoms with Crippen LogP contribution in [0.2, 0.25) is 0 Å². The van der Waals surface area contributed by atoms with Gasteiger partial charge in [-0.3, -0.25) is 4.79 Å². The van der Waals surface area contributed by atoms with Crippen molar-refractivity contribution in [3.8, 4) is 29.0 Å². The highest BCUT2D eigenvalue weighted by Gasteiger charge is 2.54. The van der Waals surface area contributed by atoms with Crippen LogP contribution in [0.15, 0.2) is 48.7 Å². The van der Waals surface area contributed by atoms with E-state index in [9.17, 15) is 28.3 Å². The first kappa shape index (κ1) is 28.7. The SMILES string of the molecule is CCOc1ncccc1-c1ccc(OC2CC3(C2)CN(c2ccc(F)cc2C#N)C3)c(C(=O)N[C@@H]2CC(F)(F)C[C@H]2O)n1. The molecule has 2 N–H and O–H groups in total. The smallest absolute Gasteiger partial charge is 0.274 e. The summed E-state index contributed by atoms with van der Waals surface area (Å²) in [6, 6.07) is 11.9. The number of anilines is 1. The number of rotatable bonds is 8. The van der Waals surface area contributed by atoms with E-state index in [1.807, 2.05) is 17.9 Å². The maximum absolute atomic E-state index is 13.9. The number of benzene rings is 1. The Kier molecular flexibility index (Phi) is 7.38. The van der Waals surface area contributed by atoms with Gasteiger partial charge in [-0.15, -0.1) is 0 Å². The molecule has 1 aliphatic heterocycles. The number of nitrogens with zero attached hydrogens (tertiary/aromatic N) is 4. The van der Waals surface area contributed by atoms with E-state index in [0.717, 1.165) is 0 Å². The number of alkyl halides is 2. The molecule has 3 aromatic rings. The molecule has 2 atom stereocenters. The summed E-state index contributed by atoms with van der Waals surface area (Å²) in [5, 5.41) is 22.1. The molecule has 0 bridgehead atoms. The molecule has 1 aromatic carbocycles. The summed E-state index contributed by atoms with van der Waals surface area (Å²) >= 11 is 0. The Labute approximate surface area is 246 Å². The average Bonchev–Trinajstić information content (AvgIpc) is 3.20. The monoisotopic (exact) mass is 593 g/mol. The molecule has 1 spiro atoms. The minimum Gasteiger partial charge on any atom is -0.488 e. The molecule has 43 heavy (non-hydrogen) atoms. The second kappa shape index (κ2) is 11.0. The zero-order valence-corrected chi connectivity index (χ0v) is 23.4. The molecular formula is C31H30F3N5O4. The number of carbonyl (C=O) groups is 1. The maximum atomic E-state index is 13.9. The van der Waals surface area contributed by atoms with Crippen molar-refractivity contribution in [1.82, 2.24) is 15.3 Å². The van der Waals surface area contributed by atoms with Crippen molar-refractivity contribution in [2.24, 2.45) is 5.41 Å². The van der Waals surface area contributed by atoms with Crippen molar-refractivity contribution in [3.05, 3.63) is 65.7 Å². The third-order valence-corrected chi connectivity index (χ3v) is 8.30. The number of ether oxygens (including phenoxy) is 2. The summed E-state index contributed by atoms with van der Waals surface area (Å²) in [4.78, 5) is 24.3. The van der Waals surface area contributed by atoms with Crippen LogP contribution in [0.1, 0.15) is 48.7 Å². The lowest BCUT2D eigenvalue weighted by Crippen LogP contribution is -2.65. The second-order valence-electron chi connectivity index (χ2n) is 11.5. The zero-order valence-electron chi connectivity index (χ0n) is 23.4. The Bertz CT molecular complexity index is 1580. The third kappa shape index (κ3) is 5.69. The van der Waals surface area contributed by atoms with Gasteiger partial charge in [0.25, 0.3) is 11.8 Å². The molecule has 0 radical (unpaired) electrons. The number of pyridine rings is 2. The van der Waals surface area contributed by atoms with Crippen LogP contribution in [0, 0.1) is 22.6 Å². The van der Waals surface area contributed by atoms with Crippen molar-refractivity contribution in [3.63, 3.8) is 0 Å². The van der Waals surface area contributed by atoms with Gasteiger partial charge in [-0.2, -0.15) is 5.26 Å². The molecule has 0 unspecified atom stereocenters. The Morgan fingerprint density at radius 1 is 1.19 bits per heavy atom. The lowest BCUT2D eigenvalue weighted by atomic mass is 9.61. The Morgan fingerprint density at radius 2 is 1.98 bits per heavy atom. The zero-order chi connectivity index (χ0) is 30.4. The first-order valence-electron chi connectivity index (χ1n) is 14.2. The molecule has 2 aromatic heterocycles. The number of hydrogen-bond donors (Lipinski definition) is 2. The van der Waals surface area contributed by atoms with E-state index in [2.05, 4.69) is 15.3 Å². The Morgan fingerprint density at radius 3 is 2.67 bits per heavy atom. The number of nitrogens with one attached hydrogen (secondary N) is 1. The lowest BCUT2D eigenvalue weighted by molar-refractivity contribution is -0.0344. The van der Waals surface area contributed by atoms with Gasteiger partial charge in [0.05, 0.1) is 41.3 Å². The summed E-state index contributed by atoms with van der Waals surface area (Å²) in [6.45, 7) is 3.56. The topological polar surface area (TPSA) is 121 Å². The van der Waals surface area contributed by atoms with Gasteiger partial charge in [0.1, 0.15) is 18.0 Å². The van der Waals surface area contributed by atoms with E-state index < -0.39 is 42.6 Å². The highest BCUT2D eigenvalue weighted by atomic mass is 19.3. The minimum atomic E-state index is -3.08. The fourth-order valence-electron chi connectivity index (χ4n) is 6.30. The molecule has 9 nitrogen and oxygen atoms in total. The van der Waals surface area contributed by atoms with E-state index >= 15 is 0 Å².